The zero-order valence-electron chi connectivity index (χ0n) is 19.7. The van der Waals surface area contributed by atoms with Gasteiger partial charge in [-0.3, -0.25) is 14.4 Å². The molecule has 0 saturated carbocycles. The van der Waals surface area contributed by atoms with Gasteiger partial charge in [-0.25, -0.2) is 9.97 Å². The summed E-state index contributed by atoms with van der Waals surface area (Å²) in [5.41, 5.74) is 1.87. The third-order valence-corrected chi connectivity index (χ3v) is 5.99. The van der Waals surface area contributed by atoms with E-state index in [1.807, 2.05) is 25.1 Å². The van der Waals surface area contributed by atoms with Gasteiger partial charge in [-0.1, -0.05) is 30.3 Å². The van der Waals surface area contributed by atoms with Gasteiger partial charge in [0.05, 0.1) is 12.7 Å². The topological polar surface area (TPSA) is 114 Å². The van der Waals surface area contributed by atoms with Gasteiger partial charge in [-0.2, -0.15) is 0 Å². The molecule has 180 valence electrons. The normalized spacial score (nSPS) is 13.7. The van der Waals surface area contributed by atoms with Gasteiger partial charge in [-0.15, -0.1) is 0 Å². The molecule has 0 bridgehead atoms. The van der Waals surface area contributed by atoms with Crippen molar-refractivity contribution < 1.29 is 19.1 Å². The number of carbonyl (C=O) groups is 3. The molecule has 9 nitrogen and oxygen atoms in total. The summed E-state index contributed by atoms with van der Waals surface area (Å²) in [7, 11) is 1.54. The summed E-state index contributed by atoms with van der Waals surface area (Å²) in [5.74, 6) is -0.242. The Morgan fingerprint density at radius 1 is 0.914 bits per heavy atom. The molecule has 35 heavy (non-hydrogen) atoms. The molecule has 0 spiro atoms. The highest BCUT2D eigenvalue weighted by Crippen LogP contribution is 2.22. The second-order valence-electron chi connectivity index (χ2n) is 8.26. The largest absolute Gasteiger partial charge is 0.496 e. The van der Waals surface area contributed by atoms with Gasteiger partial charge in [0.2, 0.25) is 0 Å². The van der Waals surface area contributed by atoms with Gasteiger partial charge in [0.1, 0.15) is 5.75 Å². The van der Waals surface area contributed by atoms with E-state index in [1.165, 1.54) is 19.5 Å². The van der Waals surface area contributed by atoms with Crippen LogP contribution in [-0.4, -0.2) is 58.8 Å². The van der Waals surface area contributed by atoms with Crippen LogP contribution in [0.3, 0.4) is 0 Å². The van der Waals surface area contributed by atoms with Crippen molar-refractivity contribution in [2.24, 2.45) is 0 Å². The van der Waals surface area contributed by atoms with Gasteiger partial charge >= 0.3 is 0 Å². The number of rotatable bonds is 6. The van der Waals surface area contributed by atoms with Crippen LogP contribution in [0, 0.1) is 6.92 Å². The number of benzene rings is 2. The lowest BCUT2D eigenvalue weighted by Crippen LogP contribution is -2.46. The smallest absolute Gasteiger partial charge is 0.273 e. The van der Waals surface area contributed by atoms with Crippen LogP contribution >= 0.6 is 0 Å². The van der Waals surface area contributed by atoms with E-state index in [0.717, 1.165) is 5.56 Å². The molecule has 0 atom stereocenters. The van der Waals surface area contributed by atoms with Crippen LogP contribution in [0.1, 0.15) is 49.6 Å². The van der Waals surface area contributed by atoms with E-state index in [0.29, 0.717) is 42.8 Å². The number of piperidine rings is 1. The number of likely N-dealkylation sites (tertiary alicyclic amines) is 1. The Labute approximate surface area is 203 Å². The van der Waals surface area contributed by atoms with Crippen molar-refractivity contribution >= 4 is 23.5 Å². The van der Waals surface area contributed by atoms with Crippen molar-refractivity contribution in [3.8, 4) is 5.75 Å². The maximum Gasteiger partial charge on any atom is 0.273 e. The number of nitrogens with one attached hydrogen (secondary N) is 2. The highest BCUT2D eigenvalue weighted by atomic mass is 16.5. The number of aryl methyl sites for hydroxylation is 1. The molecular formula is C26H27N5O4. The highest BCUT2D eigenvalue weighted by Gasteiger charge is 2.27. The maximum absolute atomic E-state index is 13.0. The Morgan fingerprint density at radius 3 is 2.29 bits per heavy atom. The molecule has 2 N–H and O–H groups in total. The summed E-state index contributed by atoms with van der Waals surface area (Å²) in [6.07, 6.45) is 4.02. The van der Waals surface area contributed by atoms with Gasteiger partial charge in [0.15, 0.2) is 11.5 Å². The quantitative estimate of drug-likeness (QED) is 0.569. The second-order valence-corrected chi connectivity index (χ2v) is 8.26. The van der Waals surface area contributed by atoms with E-state index in [1.54, 1.807) is 35.2 Å². The maximum atomic E-state index is 13.0. The molecule has 1 aromatic heterocycles. The van der Waals surface area contributed by atoms with Crippen LogP contribution in [0.15, 0.2) is 60.9 Å². The Morgan fingerprint density at radius 2 is 1.57 bits per heavy atom. The molecule has 0 unspecified atom stereocenters. The minimum Gasteiger partial charge on any atom is -0.496 e. The van der Waals surface area contributed by atoms with Crippen LogP contribution in [0.5, 0.6) is 5.75 Å². The predicted molar refractivity (Wildman–Crippen MR) is 131 cm³/mol. The average molecular weight is 474 g/mol. The van der Waals surface area contributed by atoms with Gasteiger partial charge in [-0.05, 0) is 43.5 Å². The van der Waals surface area contributed by atoms with Crippen molar-refractivity contribution in [2.75, 3.05) is 25.5 Å². The minimum absolute atomic E-state index is 0.0435. The molecule has 3 amide bonds. The molecule has 9 heteroatoms. The summed E-state index contributed by atoms with van der Waals surface area (Å²) >= 11 is 0. The second kappa shape index (κ2) is 10.8. The lowest BCUT2D eigenvalue weighted by atomic mass is 10.0. The van der Waals surface area contributed by atoms with Crippen molar-refractivity contribution in [2.45, 2.75) is 25.8 Å². The number of aromatic nitrogens is 2. The third-order valence-electron chi connectivity index (χ3n) is 5.99. The lowest BCUT2D eigenvalue weighted by molar-refractivity contribution is 0.0694. The van der Waals surface area contributed by atoms with Crippen LogP contribution < -0.4 is 15.4 Å². The van der Waals surface area contributed by atoms with Gasteiger partial charge in [0, 0.05) is 37.1 Å². The number of methoxy groups -OCH3 is 1. The molecule has 3 aromatic rings. The number of hydrogen-bond donors (Lipinski definition) is 2. The highest BCUT2D eigenvalue weighted by molar-refractivity contribution is 6.08. The van der Waals surface area contributed by atoms with E-state index in [4.69, 9.17) is 4.74 Å². The number of anilines is 1. The Balaban J connectivity index is 1.38. The lowest BCUT2D eigenvalue weighted by Gasteiger charge is -2.32. The van der Waals surface area contributed by atoms with E-state index in [9.17, 15) is 14.4 Å². The first-order valence-electron chi connectivity index (χ1n) is 11.4. The number of carbonyl (C=O) groups excluding carboxylic acids is 3. The molecule has 2 aromatic carbocycles. The Hall–Kier alpha value is -4.27. The predicted octanol–water partition coefficient (Wildman–Crippen LogP) is 3.08. The summed E-state index contributed by atoms with van der Waals surface area (Å²) in [6.45, 7) is 2.84. The van der Waals surface area contributed by atoms with Crippen molar-refractivity contribution in [3.05, 3.63) is 83.3 Å². The van der Waals surface area contributed by atoms with Gasteiger partial charge in [0.25, 0.3) is 17.7 Å². The molecule has 0 radical (unpaired) electrons. The van der Waals surface area contributed by atoms with Crippen LogP contribution in [0.2, 0.25) is 0 Å². The fourth-order valence-electron chi connectivity index (χ4n) is 4.07. The van der Waals surface area contributed by atoms with E-state index in [-0.39, 0.29) is 29.4 Å². The first-order valence-corrected chi connectivity index (χ1v) is 11.4. The van der Waals surface area contributed by atoms with Gasteiger partial charge < -0.3 is 20.3 Å². The molecule has 1 saturated heterocycles. The number of amides is 3. The summed E-state index contributed by atoms with van der Waals surface area (Å²) in [6, 6.07) is 14.2. The average Bonchev–Trinajstić information content (AvgIpc) is 2.89. The Kier molecular flexibility index (Phi) is 7.35. The van der Waals surface area contributed by atoms with E-state index < -0.39 is 5.91 Å². The van der Waals surface area contributed by atoms with Crippen molar-refractivity contribution in [1.29, 1.82) is 0 Å². The molecule has 1 aliphatic heterocycles. The monoisotopic (exact) mass is 473 g/mol. The SMILES string of the molecule is COc1ccccc1C(=O)N1CCC(NC(=O)c2nccnc2NC(=O)c2ccccc2C)CC1. The van der Waals surface area contributed by atoms with Crippen LogP contribution in [0.4, 0.5) is 5.82 Å². The third kappa shape index (κ3) is 5.46. The standard InChI is InChI=1S/C26H27N5O4/c1-17-7-3-4-8-19(17)24(32)30-23-22(27-13-14-28-23)25(33)29-18-11-15-31(16-12-18)26(34)20-9-5-6-10-21(20)35-2/h3-10,13-14,18H,11-12,15-16H2,1-2H3,(H,29,33)(H,28,30,32). The summed E-state index contributed by atoms with van der Waals surface area (Å²) in [5, 5.41) is 5.66. The fraction of sp³-hybridized carbons (Fsp3) is 0.269. The first kappa shape index (κ1) is 23.9. The van der Waals surface area contributed by atoms with E-state index >= 15 is 0 Å². The van der Waals surface area contributed by atoms with Crippen LogP contribution in [0.25, 0.3) is 0 Å². The van der Waals surface area contributed by atoms with Crippen LogP contribution in [-0.2, 0) is 0 Å². The molecule has 1 aliphatic rings. The number of para-hydroxylation sites is 1. The molecule has 1 fully saturated rings. The summed E-state index contributed by atoms with van der Waals surface area (Å²) < 4.78 is 5.31. The molecule has 0 aliphatic carbocycles. The number of nitrogens with zero attached hydrogens (tertiary/aromatic N) is 3. The van der Waals surface area contributed by atoms with E-state index in [2.05, 4.69) is 20.6 Å². The number of hydrogen-bond acceptors (Lipinski definition) is 6. The number of ether oxygens (including phenoxy) is 1. The zero-order chi connectivity index (χ0) is 24.8. The fourth-order valence-corrected chi connectivity index (χ4v) is 4.07. The molecular weight excluding hydrogens is 446 g/mol. The molecule has 2 heterocycles. The van der Waals surface area contributed by atoms with Crippen molar-refractivity contribution in [1.82, 2.24) is 20.2 Å². The first-order chi connectivity index (χ1) is 17.0. The minimum atomic E-state index is -0.423. The Bertz CT molecular complexity index is 1240. The summed E-state index contributed by atoms with van der Waals surface area (Å²) in [4.78, 5) is 48.7. The molecule has 4 rings (SSSR count). The zero-order valence-corrected chi connectivity index (χ0v) is 19.7. The van der Waals surface area contributed by atoms with Crippen molar-refractivity contribution in [3.63, 3.8) is 0 Å².